The Labute approximate surface area is 134 Å². The van der Waals surface area contributed by atoms with E-state index in [4.69, 9.17) is 11.6 Å². The van der Waals surface area contributed by atoms with Crippen LogP contribution in [0.4, 0.5) is 0 Å². The van der Waals surface area contributed by atoms with Gasteiger partial charge in [0.1, 0.15) is 10.7 Å². The lowest BCUT2D eigenvalue weighted by molar-refractivity contribution is 0.0974. The first-order valence-electron chi connectivity index (χ1n) is 7.43. The number of hydrogen-bond acceptors (Lipinski definition) is 5. The summed E-state index contributed by atoms with van der Waals surface area (Å²) in [6, 6.07) is 6.78. The average Bonchev–Trinajstić information content (AvgIpc) is 2.57. The first kappa shape index (κ1) is 15.2. The zero-order chi connectivity index (χ0) is 15.5. The average molecular weight is 320 g/mol. The van der Waals surface area contributed by atoms with Gasteiger partial charge in [0.2, 0.25) is 11.6 Å². The van der Waals surface area contributed by atoms with Gasteiger partial charge >= 0.3 is 0 Å². The van der Waals surface area contributed by atoms with E-state index in [1.54, 1.807) is 24.3 Å². The molecule has 0 radical (unpaired) electrons. The van der Waals surface area contributed by atoms with Gasteiger partial charge in [-0.1, -0.05) is 35.9 Å². The molecule has 1 aromatic rings. The minimum atomic E-state index is -0.290. The van der Waals surface area contributed by atoms with Crippen molar-refractivity contribution >= 4 is 23.2 Å². The van der Waals surface area contributed by atoms with E-state index in [-0.39, 0.29) is 22.3 Å². The Morgan fingerprint density at radius 2 is 1.73 bits per heavy atom. The fourth-order valence-corrected chi connectivity index (χ4v) is 3.03. The maximum atomic E-state index is 12.5. The van der Waals surface area contributed by atoms with Crippen molar-refractivity contribution in [1.29, 1.82) is 0 Å². The maximum absolute atomic E-state index is 12.5. The van der Waals surface area contributed by atoms with Crippen LogP contribution in [0.3, 0.4) is 0 Å². The summed E-state index contributed by atoms with van der Waals surface area (Å²) < 4.78 is 0. The molecule has 1 saturated heterocycles. The quantitative estimate of drug-likeness (QED) is 0.867. The Morgan fingerprint density at radius 3 is 2.41 bits per heavy atom. The number of nitrogens with zero attached hydrogens (tertiary/aromatic N) is 1. The lowest BCUT2D eigenvalue weighted by Crippen LogP contribution is -2.46. The molecule has 0 saturated carbocycles. The number of fused-ring (bicyclic) bond motifs is 1. The summed E-state index contributed by atoms with van der Waals surface area (Å²) in [7, 11) is 0. The van der Waals surface area contributed by atoms with Gasteiger partial charge in [0.05, 0.1) is 0 Å². The highest BCUT2D eigenvalue weighted by Crippen LogP contribution is 2.26. The number of carbonyl (C=O) groups is 2. The minimum Gasteiger partial charge on any atom is -0.379 e. The molecule has 6 heteroatoms. The van der Waals surface area contributed by atoms with Crippen LogP contribution in [0.5, 0.6) is 0 Å². The molecule has 0 bridgehead atoms. The second kappa shape index (κ2) is 6.60. The molecule has 5 nitrogen and oxygen atoms in total. The smallest absolute Gasteiger partial charge is 0.211 e. The molecule has 1 heterocycles. The van der Waals surface area contributed by atoms with Crippen molar-refractivity contribution in [3.63, 3.8) is 0 Å². The largest absolute Gasteiger partial charge is 0.379 e. The molecule has 0 atom stereocenters. The van der Waals surface area contributed by atoms with Crippen LogP contribution in [0.1, 0.15) is 20.7 Å². The third kappa shape index (κ3) is 2.92. The highest BCUT2D eigenvalue weighted by molar-refractivity contribution is 6.49. The molecule has 1 aliphatic carbocycles. The topological polar surface area (TPSA) is 61.4 Å². The van der Waals surface area contributed by atoms with E-state index in [0.29, 0.717) is 17.7 Å². The predicted octanol–water partition coefficient (Wildman–Crippen LogP) is 1.01. The summed E-state index contributed by atoms with van der Waals surface area (Å²) in [6.45, 7) is 5.35. The first-order valence-corrected chi connectivity index (χ1v) is 7.81. The van der Waals surface area contributed by atoms with E-state index >= 15 is 0 Å². The van der Waals surface area contributed by atoms with Crippen LogP contribution in [0.2, 0.25) is 0 Å². The number of carbonyl (C=O) groups excluding carboxylic acids is 2. The van der Waals surface area contributed by atoms with Crippen LogP contribution in [0.15, 0.2) is 35.0 Å². The van der Waals surface area contributed by atoms with Gasteiger partial charge in [-0.15, -0.1) is 0 Å². The fraction of sp³-hybridized carbons (Fsp3) is 0.375. The van der Waals surface area contributed by atoms with E-state index < -0.39 is 0 Å². The second-order valence-corrected chi connectivity index (χ2v) is 5.79. The molecule has 0 amide bonds. The Morgan fingerprint density at radius 1 is 1.09 bits per heavy atom. The van der Waals surface area contributed by atoms with Crippen molar-refractivity contribution in [2.75, 3.05) is 39.3 Å². The van der Waals surface area contributed by atoms with E-state index in [1.807, 2.05) is 0 Å². The summed E-state index contributed by atoms with van der Waals surface area (Å²) in [6.07, 6.45) is 0. The number of allylic oxidation sites excluding steroid dienone is 2. The van der Waals surface area contributed by atoms with Crippen LogP contribution in [0, 0.1) is 0 Å². The fourth-order valence-electron chi connectivity index (χ4n) is 2.78. The van der Waals surface area contributed by atoms with Crippen LogP contribution < -0.4 is 10.6 Å². The van der Waals surface area contributed by atoms with E-state index in [1.165, 1.54) is 0 Å². The highest BCUT2D eigenvalue weighted by atomic mass is 35.5. The molecule has 2 aliphatic rings. The van der Waals surface area contributed by atoms with Gasteiger partial charge in [-0.05, 0) is 0 Å². The molecule has 1 aromatic carbocycles. The lowest BCUT2D eigenvalue weighted by Gasteiger charge is -2.27. The van der Waals surface area contributed by atoms with Crippen molar-refractivity contribution < 1.29 is 9.59 Å². The van der Waals surface area contributed by atoms with Gasteiger partial charge in [0.15, 0.2) is 0 Å². The number of ketones is 2. The van der Waals surface area contributed by atoms with E-state index in [2.05, 4.69) is 15.5 Å². The summed E-state index contributed by atoms with van der Waals surface area (Å²) in [4.78, 5) is 27.0. The lowest BCUT2D eigenvalue weighted by atomic mass is 9.92. The SMILES string of the molecule is O=C1C(Cl)=C(NCCN2CCNCC2)C(=O)c2ccccc21. The summed E-state index contributed by atoms with van der Waals surface area (Å²) in [5.41, 5.74) is 1.02. The molecule has 1 aliphatic heterocycles. The number of benzene rings is 1. The zero-order valence-electron chi connectivity index (χ0n) is 12.2. The monoisotopic (exact) mass is 319 g/mol. The normalized spacial score (nSPS) is 19.3. The summed E-state index contributed by atoms with van der Waals surface area (Å²) in [5.74, 6) is -0.498. The van der Waals surface area contributed by atoms with E-state index in [0.717, 1.165) is 32.7 Å². The molecule has 1 fully saturated rings. The second-order valence-electron chi connectivity index (χ2n) is 5.41. The van der Waals surface area contributed by atoms with Crippen LogP contribution in [-0.2, 0) is 0 Å². The molecule has 0 aromatic heterocycles. The molecule has 116 valence electrons. The zero-order valence-corrected chi connectivity index (χ0v) is 12.9. The third-order valence-corrected chi connectivity index (χ3v) is 4.36. The number of halogens is 1. The Balaban J connectivity index is 1.69. The van der Waals surface area contributed by atoms with Gasteiger partial charge in [0, 0.05) is 50.4 Å². The van der Waals surface area contributed by atoms with Gasteiger partial charge in [-0.3, -0.25) is 14.5 Å². The standard InChI is InChI=1S/C16H18ClN3O2/c17-13-14(19-7-10-20-8-5-18-6-9-20)16(22)12-4-2-1-3-11(12)15(13)21/h1-4,18-19H,5-10H2. The van der Waals surface area contributed by atoms with Gasteiger partial charge in [-0.2, -0.15) is 0 Å². The van der Waals surface area contributed by atoms with Gasteiger partial charge in [0.25, 0.3) is 0 Å². The van der Waals surface area contributed by atoms with Crippen molar-refractivity contribution in [3.8, 4) is 0 Å². The molecular formula is C16H18ClN3O2. The molecule has 0 unspecified atom stereocenters. The van der Waals surface area contributed by atoms with Crippen LogP contribution in [0.25, 0.3) is 0 Å². The third-order valence-electron chi connectivity index (χ3n) is 4.00. The van der Waals surface area contributed by atoms with Crippen molar-refractivity contribution in [3.05, 3.63) is 46.1 Å². The number of hydrogen-bond donors (Lipinski definition) is 2. The van der Waals surface area contributed by atoms with Gasteiger partial charge < -0.3 is 10.6 Å². The van der Waals surface area contributed by atoms with Crippen molar-refractivity contribution in [2.24, 2.45) is 0 Å². The molecule has 2 N–H and O–H groups in total. The summed E-state index contributed by atoms with van der Waals surface area (Å²) >= 11 is 6.10. The van der Waals surface area contributed by atoms with Gasteiger partial charge in [-0.25, -0.2) is 0 Å². The van der Waals surface area contributed by atoms with Crippen LogP contribution in [-0.4, -0.2) is 55.7 Å². The Hall–Kier alpha value is -1.69. The van der Waals surface area contributed by atoms with Crippen molar-refractivity contribution in [2.45, 2.75) is 0 Å². The number of rotatable bonds is 4. The minimum absolute atomic E-state index is 0.0102. The molecule has 3 rings (SSSR count). The maximum Gasteiger partial charge on any atom is 0.211 e. The predicted molar refractivity (Wildman–Crippen MR) is 85.3 cm³/mol. The molecule has 0 spiro atoms. The number of piperazine rings is 1. The first-order chi connectivity index (χ1) is 10.7. The van der Waals surface area contributed by atoms with Crippen molar-refractivity contribution in [1.82, 2.24) is 15.5 Å². The number of Topliss-reactive ketones (excluding diaryl/α,β-unsaturated/α-hetero) is 2. The molecule has 22 heavy (non-hydrogen) atoms. The molecular weight excluding hydrogens is 302 g/mol. The highest BCUT2D eigenvalue weighted by Gasteiger charge is 2.30. The number of nitrogens with one attached hydrogen (secondary N) is 2. The Bertz CT molecular complexity index is 636. The van der Waals surface area contributed by atoms with Crippen LogP contribution >= 0.6 is 11.6 Å². The Kier molecular flexibility index (Phi) is 4.57. The van der Waals surface area contributed by atoms with E-state index in [9.17, 15) is 9.59 Å². The summed E-state index contributed by atoms with van der Waals surface area (Å²) in [5, 5.41) is 6.34.